The SMILES string of the molecule is Cc1nc(CN)cc(N2CCC(C(O)Cc3ccccc3)CC2)n1. The lowest BCUT2D eigenvalue weighted by molar-refractivity contribution is 0.0929. The predicted octanol–water partition coefficient (Wildman–Crippen LogP) is 2.06. The molecule has 0 aliphatic carbocycles. The quantitative estimate of drug-likeness (QED) is 0.880. The van der Waals surface area contributed by atoms with Crippen molar-refractivity contribution in [1.82, 2.24) is 9.97 Å². The zero-order valence-corrected chi connectivity index (χ0v) is 14.2. The fraction of sp³-hybridized carbons (Fsp3) is 0.474. The normalized spacial score (nSPS) is 17.0. The van der Waals surface area contributed by atoms with Crippen molar-refractivity contribution in [1.29, 1.82) is 0 Å². The number of rotatable bonds is 5. The Balaban J connectivity index is 1.58. The fourth-order valence-corrected chi connectivity index (χ4v) is 3.41. The van der Waals surface area contributed by atoms with Gasteiger partial charge in [0.15, 0.2) is 0 Å². The monoisotopic (exact) mass is 326 g/mol. The van der Waals surface area contributed by atoms with Crippen LogP contribution in [0.4, 0.5) is 5.82 Å². The maximum Gasteiger partial charge on any atom is 0.132 e. The average Bonchev–Trinajstić information content (AvgIpc) is 2.62. The van der Waals surface area contributed by atoms with E-state index in [1.807, 2.05) is 31.2 Å². The Morgan fingerprint density at radius 2 is 1.92 bits per heavy atom. The van der Waals surface area contributed by atoms with Crippen molar-refractivity contribution >= 4 is 5.82 Å². The first-order chi connectivity index (χ1) is 11.7. The number of nitrogens with two attached hydrogens (primary N) is 1. The Bertz CT molecular complexity index is 654. The van der Waals surface area contributed by atoms with E-state index in [4.69, 9.17) is 5.73 Å². The third-order valence-electron chi connectivity index (χ3n) is 4.78. The van der Waals surface area contributed by atoms with Crippen LogP contribution in [0.25, 0.3) is 0 Å². The molecule has 1 unspecified atom stereocenters. The number of hydrogen-bond donors (Lipinski definition) is 2. The van der Waals surface area contributed by atoms with Crippen molar-refractivity contribution in [3.63, 3.8) is 0 Å². The molecule has 5 heteroatoms. The minimum atomic E-state index is -0.277. The second-order valence-electron chi connectivity index (χ2n) is 6.55. The number of hydrogen-bond acceptors (Lipinski definition) is 5. The first-order valence-corrected chi connectivity index (χ1v) is 8.67. The molecule has 2 aromatic rings. The van der Waals surface area contributed by atoms with Crippen LogP contribution in [0.1, 0.15) is 29.9 Å². The lowest BCUT2D eigenvalue weighted by Gasteiger charge is -2.35. The van der Waals surface area contributed by atoms with Gasteiger partial charge in [0, 0.05) is 25.7 Å². The second-order valence-corrected chi connectivity index (χ2v) is 6.55. The summed E-state index contributed by atoms with van der Waals surface area (Å²) in [5.74, 6) is 2.07. The van der Waals surface area contributed by atoms with Gasteiger partial charge in [0.05, 0.1) is 11.8 Å². The molecule has 1 aromatic carbocycles. The van der Waals surface area contributed by atoms with E-state index in [9.17, 15) is 5.11 Å². The first-order valence-electron chi connectivity index (χ1n) is 8.67. The van der Waals surface area contributed by atoms with Crippen LogP contribution in [0.2, 0.25) is 0 Å². The maximum absolute atomic E-state index is 10.5. The van der Waals surface area contributed by atoms with Crippen molar-refractivity contribution < 1.29 is 5.11 Å². The molecule has 0 spiro atoms. The Hall–Kier alpha value is -1.98. The standard InChI is InChI=1S/C19H26N4O/c1-14-21-17(13-20)12-19(22-14)23-9-7-16(8-10-23)18(24)11-15-5-3-2-4-6-15/h2-6,12,16,18,24H,7-11,13,20H2,1H3. The van der Waals surface area contributed by atoms with Gasteiger partial charge in [-0.25, -0.2) is 9.97 Å². The molecule has 0 radical (unpaired) electrons. The average molecular weight is 326 g/mol. The molecule has 1 saturated heterocycles. The number of benzene rings is 1. The Morgan fingerprint density at radius 3 is 2.58 bits per heavy atom. The number of nitrogens with zero attached hydrogens (tertiary/aromatic N) is 3. The molecule has 1 fully saturated rings. The summed E-state index contributed by atoms with van der Waals surface area (Å²) in [6.07, 6.45) is 2.42. The van der Waals surface area contributed by atoms with E-state index in [0.717, 1.165) is 49.7 Å². The van der Waals surface area contributed by atoms with E-state index in [1.54, 1.807) is 0 Å². The van der Waals surface area contributed by atoms with Crippen molar-refractivity contribution in [3.05, 3.63) is 53.5 Å². The topological polar surface area (TPSA) is 75.3 Å². The first kappa shape index (κ1) is 16.9. The van der Waals surface area contributed by atoms with Gasteiger partial charge < -0.3 is 15.7 Å². The van der Waals surface area contributed by atoms with E-state index >= 15 is 0 Å². The van der Waals surface area contributed by atoms with Crippen molar-refractivity contribution in [2.45, 2.75) is 38.8 Å². The van der Waals surface area contributed by atoms with Crippen molar-refractivity contribution in [3.8, 4) is 0 Å². The highest BCUT2D eigenvalue weighted by atomic mass is 16.3. The lowest BCUT2D eigenvalue weighted by atomic mass is 9.88. The maximum atomic E-state index is 10.5. The highest BCUT2D eigenvalue weighted by Gasteiger charge is 2.26. The van der Waals surface area contributed by atoms with Gasteiger partial charge in [-0.2, -0.15) is 0 Å². The zero-order chi connectivity index (χ0) is 16.9. The van der Waals surface area contributed by atoms with Gasteiger partial charge in [-0.05, 0) is 37.7 Å². The largest absolute Gasteiger partial charge is 0.392 e. The number of aliphatic hydroxyl groups is 1. The van der Waals surface area contributed by atoms with E-state index in [2.05, 4.69) is 27.0 Å². The molecule has 3 rings (SSSR count). The van der Waals surface area contributed by atoms with Crippen LogP contribution in [-0.2, 0) is 13.0 Å². The third-order valence-corrected chi connectivity index (χ3v) is 4.78. The summed E-state index contributed by atoms with van der Waals surface area (Å²) in [6, 6.07) is 12.2. The van der Waals surface area contributed by atoms with Crippen molar-refractivity contribution in [2.24, 2.45) is 11.7 Å². The van der Waals surface area contributed by atoms with Crippen LogP contribution in [0, 0.1) is 12.8 Å². The summed E-state index contributed by atoms with van der Waals surface area (Å²) in [4.78, 5) is 11.2. The molecular weight excluding hydrogens is 300 g/mol. The van der Waals surface area contributed by atoms with Crippen LogP contribution >= 0.6 is 0 Å². The van der Waals surface area contributed by atoms with Crippen LogP contribution in [-0.4, -0.2) is 34.3 Å². The molecule has 0 bridgehead atoms. The van der Waals surface area contributed by atoms with Gasteiger partial charge in [-0.1, -0.05) is 30.3 Å². The summed E-state index contributed by atoms with van der Waals surface area (Å²) >= 11 is 0. The molecule has 1 aliphatic heterocycles. The fourth-order valence-electron chi connectivity index (χ4n) is 3.41. The minimum Gasteiger partial charge on any atom is -0.392 e. The number of aliphatic hydroxyl groups excluding tert-OH is 1. The number of piperidine rings is 1. The minimum absolute atomic E-state index is 0.277. The number of anilines is 1. The highest BCUT2D eigenvalue weighted by Crippen LogP contribution is 2.26. The smallest absolute Gasteiger partial charge is 0.132 e. The molecule has 3 N–H and O–H groups in total. The molecule has 1 aromatic heterocycles. The van der Waals surface area contributed by atoms with Crippen LogP contribution in [0.5, 0.6) is 0 Å². The van der Waals surface area contributed by atoms with E-state index < -0.39 is 0 Å². The van der Waals surface area contributed by atoms with E-state index in [0.29, 0.717) is 12.5 Å². The Morgan fingerprint density at radius 1 is 1.21 bits per heavy atom. The lowest BCUT2D eigenvalue weighted by Crippen LogP contribution is -2.39. The second kappa shape index (κ2) is 7.73. The van der Waals surface area contributed by atoms with Crippen molar-refractivity contribution in [2.75, 3.05) is 18.0 Å². The Labute approximate surface area is 143 Å². The van der Waals surface area contributed by atoms with Gasteiger partial charge in [-0.3, -0.25) is 0 Å². The molecule has 2 heterocycles. The molecule has 0 amide bonds. The summed E-state index contributed by atoms with van der Waals surface area (Å²) in [5, 5.41) is 10.5. The van der Waals surface area contributed by atoms with Crippen LogP contribution < -0.4 is 10.6 Å². The van der Waals surface area contributed by atoms with Gasteiger partial charge in [0.2, 0.25) is 0 Å². The van der Waals surface area contributed by atoms with E-state index in [1.165, 1.54) is 5.56 Å². The molecule has 1 atom stereocenters. The number of aromatic nitrogens is 2. The van der Waals surface area contributed by atoms with Crippen LogP contribution in [0.3, 0.4) is 0 Å². The van der Waals surface area contributed by atoms with Gasteiger partial charge in [-0.15, -0.1) is 0 Å². The molecule has 24 heavy (non-hydrogen) atoms. The molecular formula is C19H26N4O. The third kappa shape index (κ3) is 4.10. The van der Waals surface area contributed by atoms with Gasteiger partial charge in [0.1, 0.15) is 11.6 Å². The van der Waals surface area contributed by atoms with Gasteiger partial charge in [0.25, 0.3) is 0 Å². The predicted molar refractivity (Wildman–Crippen MR) is 95.8 cm³/mol. The van der Waals surface area contributed by atoms with E-state index in [-0.39, 0.29) is 6.10 Å². The molecule has 1 aliphatic rings. The van der Waals surface area contributed by atoms with Crippen LogP contribution in [0.15, 0.2) is 36.4 Å². The summed E-state index contributed by atoms with van der Waals surface area (Å²) in [7, 11) is 0. The zero-order valence-electron chi connectivity index (χ0n) is 14.2. The summed E-state index contributed by atoms with van der Waals surface area (Å²) in [6.45, 7) is 4.16. The molecule has 5 nitrogen and oxygen atoms in total. The van der Waals surface area contributed by atoms with Gasteiger partial charge >= 0.3 is 0 Å². The Kier molecular flexibility index (Phi) is 5.43. The highest BCUT2D eigenvalue weighted by molar-refractivity contribution is 5.40. The number of aryl methyl sites for hydroxylation is 1. The molecule has 128 valence electrons. The summed E-state index contributed by atoms with van der Waals surface area (Å²) < 4.78 is 0. The molecule has 0 saturated carbocycles. The summed E-state index contributed by atoms with van der Waals surface area (Å²) in [5.41, 5.74) is 7.79.